The van der Waals surface area contributed by atoms with E-state index in [-0.39, 0.29) is 22.9 Å². The molecule has 1 aliphatic rings. The number of nitrogen functional groups attached to an aromatic ring is 1. The average Bonchev–Trinajstić information content (AvgIpc) is 3.05. The lowest BCUT2D eigenvalue weighted by molar-refractivity contribution is -0.0495. The Bertz CT molecular complexity index is 923. The van der Waals surface area contributed by atoms with Crippen molar-refractivity contribution in [3.8, 4) is 0 Å². The molecular weight excluding hydrogens is 375 g/mol. The number of anilines is 1. The second-order valence-electron chi connectivity index (χ2n) is 5.23. The van der Waals surface area contributed by atoms with Crippen LogP contribution in [-0.4, -0.2) is 64.4 Å². The third-order valence-electron chi connectivity index (χ3n) is 3.62. The highest BCUT2D eigenvalue weighted by molar-refractivity contribution is 7.46. The van der Waals surface area contributed by atoms with Crippen LogP contribution in [0, 0.1) is 0 Å². The van der Waals surface area contributed by atoms with Gasteiger partial charge in [0, 0.05) is 4.91 Å². The van der Waals surface area contributed by atoms with Gasteiger partial charge in [-0.3, -0.25) is 9.09 Å². The molecule has 4 unspecified atom stereocenters. The fourth-order valence-electron chi connectivity index (χ4n) is 2.51. The Morgan fingerprint density at radius 3 is 2.81 bits per heavy atom. The molecule has 0 aliphatic carbocycles. The lowest BCUT2D eigenvalue weighted by Gasteiger charge is -2.18. The Morgan fingerprint density at radius 2 is 2.15 bits per heavy atom. The van der Waals surface area contributed by atoms with Crippen molar-refractivity contribution in [3.05, 3.63) is 16.8 Å². The summed E-state index contributed by atoms with van der Waals surface area (Å²) in [6.45, 7) is -0.695. The summed E-state index contributed by atoms with van der Waals surface area (Å²) in [6.07, 6.45) is -4.63. The Hall–Kier alpha value is -2.35. The maximum Gasteiger partial charge on any atom is 0.469 e. The molecule has 1 fully saturated rings. The standard InChI is InChI=1S/C10H13N8O7P/c11-7-4-8(14-2-13-7)18(10(15-4)16-17-12)9-6(20)5(19)3(25-9)1-24-26(21,22)23/h2-3,5-6,9,19-20H,1H2,(H2,11,13,14)(H2,21,22,23). The number of aliphatic hydroxyl groups is 2. The van der Waals surface area contributed by atoms with Crippen molar-refractivity contribution in [3.63, 3.8) is 0 Å². The smallest absolute Gasteiger partial charge is 0.387 e. The molecule has 3 heterocycles. The molecule has 4 atom stereocenters. The first kappa shape index (κ1) is 18.4. The fourth-order valence-corrected chi connectivity index (χ4v) is 2.85. The summed E-state index contributed by atoms with van der Waals surface area (Å²) in [5, 5.41) is 23.7. The lowest BCUT2D eigenvalue weighted by Crippen LogP contribution is -2.33. The zero-order chi connectivity index (χ0) is 19.1. The Kier molecular flexibility index (Phi) is 4.79. The van der Waals surface area contributed by atoms with Gasteiger partial charge in [0.05, 0.1) is 6.61 Å². The van der Waals surface area contributed by atoms with Gasteiger partial charge < -0.3 is 30.5 Å². The summed E-state index contributed by atoms with van der Waals surface area (Å²) in [6, 6.07) is 0. The van der Waals surface area contributed by atoms with Crippen LogP contribution in [0.4, 0.5) is 11.8 Å². The number of phosphoric acid groups is 1. The minimum absolute atomic E-state index is 0.0162. The molecule has 16 heteroatoms. The maximum absolute atomic E-state index is 10.8. The minimum Gasteiger partial charge on any atom is -0.387 e. The molecule has 6 N–H and O–H groups in total. The van der Waals surface area contributed by atoms with Crippen LogP contribution in [-0.2, 0) is 13.8 Å². The van der Waals surface area contributed by atoms with E-state index in [4.69, 9.17) is 25.8 Å². The van der Waals surface area contributed by atoms with Gasteiger partial charge in [0.25, 0.3) is 0 Å². The zero-order valence-electron chi connectivity index (χ0n) is 12.8. The predicted molar refractivity (Wildman–Crippen MR) is 82.5 cm³/mol. The van der Waals surface area contributed by atoms with Gasteiger partial charge in [-0.15, -0.1) is 0 Å². The number of rotatable bonds is 5. The normalized spacial score (nSPS) is 26.2. The van der Waals surface area contributed by atoms with Crippen LogP contribution in [0.3, 0.4) is 0 Å². The van der Waals surface area contributed by atoms with Gasteiger partial charge >= 0.3 is 7.82 Å². The highest BCUT2D eigenvalue weighted by atomic mass is 31.2. The van der Waals surface area contributed by atoms with Gasteiger partial charge in [-0.05, 0) is 10.6 Å². The van der Waals surface area contributed by atoms with Crippen LogP contribution in [0.15, 0.2) is 11.4 Å². The van der Waals surface area contributed by atoms with Gasteiger partial charge in [0.15, 0.2) is 23.2 Å². The molecule has 140 valence electrons. The second-order valence-corrected chi connectivity index (χ2v) is 6.47. The van der Waals surface area contributed by atoms with Crippen molar-refractivity contribution < 1.29 is 33.8 Å². The summed E-state index contributed by atoms with van der Waals surface area (Å²) in [5.41, 5.74) is 14.5. The van der Waals surface area contributed by atoms with Crippen molar-refractivity contribution in [2.75, 3.05) is 12.3 Å². The summed E-state index contributed by atoms with van der Waals surface area (Å²) >= 11 is 0. The van der Waals surface area contributed by atoms with Crippen LogP contribution in [0.5, 0.6) is 0 Å². The third kappa shape index (κ3) is 3.33. The van der Waals surface area contributed by atoms with E-state index in [0.717, 1.165) is 10.9 Å². The van der Waals surface area contributed by atoms with E-state index < -0.39 is 39.0 Å². The zero-order valence-corrected chi connectivity index (χ0v) is 13.7. The van der Waals surface area contributed by atoms with Crippen LogP contribution in [0.2, 0.25) is 0 Å². The van der Waals surface area contributed by atoms with Crippen molar-refractivity contribution in [2.45, 2.75) is 24.5 Å². The monoisotopic (exact) mass is 388 g/mol. The van der Waals surface area contributed by atoms with E-state index in [2.05, 4.69) is 29.5 Å². The molecule has 0 bridgehead atoms. The Balaban J connectivity index is 2.00. The molecule has 1 aliphatic heterocycles. The average molecular weight is 388 g/mol. The number of aliphatic hydroxyl groups excluding tert-OH is 2. The molecule has 0 radical (unpaired) electrons. The molecule has 3 rings (SSSR count). The summed E-state index contributed by atoms with van der Waals surface area (Å²) in [5.74, 6) is -0.278. The topological polar surface area (TPSA) is 235 Å². The maximum atomic E-state index is 10.8. The van der Waals surface area contributed by atoms with Crippen LogP contribution in [0.25, 0.3) is 21.6 Å². The van der Waals surface area contributed by atoms with Gasteiger partial charge in [-0.1, -0.05) is 0 Å². The van der Waals surface area contributed by atoms with E-state index in [1.807, 2.05) is 0 Å². The van der Waals surface area contributed by atoms with E-state index in [0.29, 0.717) is 0 Å². The van der Waals surface area contributed by atoms with Crippen molar-refractivity contribution in [1.82, 2.24) is 19.5 Å². The SMILES string of the molecule is [N-]=[N+]=Nc1nc2c(N)ncnc2n1C1OC(COP(=O)(O)O)C(O)C1O. The lowest BCUT2D eigenvalue weighted by atomic mass is 10.1. The van der Waals surface area contributed by atoms with E-state index in [1.165, 1.54) is 0 Å². The van der Waals surface area contributed by atoms with Crippen molar-refractivity contribution >= 4 is 30.8 Å². The molecule has 26 heavy (non-hydrogen) atoms. The largest absolute Gasteiger partial charge is 0.469 e. The number of nitrogens with two attached hydrogens (primary N) is 1. The number of fused-ring (bicyclic) bond motifs is 1. The summed E-state index contributed by atoms with van der Waals surface area (Å²) in [7, 11) is -4.81. The molecule has 0 aromatic carbocycles. The Morgan fingerprint density at radius 1 is 1.42 bits per heavy atom. The number of hydrogen-bond acceptors (Lipinski definition) is 10. The number of aromatic nitrogens is 4. The number of azide groups is 1. The number of imidazole rings is 1. The second kappa shape index (κ2) is 6.75. The van der Waals surface area contributed by atoms with Crippen LogP contribution < -0.4 is 5.73 Å². The van der Waals surface area contributed by atoms with Gasteiger partial charge in [0.1, 0.15) is 24.6 Å². The highest BCUT2D eigenvalue weighted by Gasteiger charge is 2.46. The first-order chi connectivity index (χ1) is 12.2. The molecule has 1 saturated heterocycles. The van der Waals surface area contributed by atoms with Gasteiger partial charge in [-0.2, -0.15) is 0 Å². The molecule has 0 amide bonds. The summed E-state index contributed by atoms with van der Waals surface area (Å²) < 4.78 is 21.6. The first-order valence-corrected chi connectivity index (χ1v) is 8.51. The van der Waals surface area contributed by atoms with Crippen molar-refractivity contribution in [2.24, 2.45) is 5.11 Å². The van der Waals surface area contributed by atoms with E-state index in [1.54, 1.807) is 0 Å². The van der Waals surface area contributed by atoms with E-state index in [9.17, 15) is 14.8 Å². The number of ether oxygens (including phenoxy) is 1. The highest BCUT2D eigenvalue weighted by Crippen LogP contribution is 2.40. The first-order valence-electron chi connectivity index (χ1n) is 6.98. The predicted octanol–water partition coefficient (Wildman–Crippen LogP) is -0.921. The number of nitrogens with zero attached hydrogens (tertiary/aromatic N) is 7. The minimum atomic E-state index is -4.81. The molecule has 0 spiro atoms. The van der Waals surface area contributed by atoms with Gasteiger partial charge in [-0.25, -0.2) is 19.5 Å². The molecule has 2 aromatic heterocycles. The molecule has 15 nitrogen and oxygen atoms in total. The molecular formula is C10H13N8O7P. The van der Waals surface area contributed by atoms with E-state index >= 15 is 0 Å². The molecule has 0 saturated carbocycles. The molecule has 2 aromatic rings. The Labute approximate surface area is 143 Å². The summed E-state index contributed by atoms with van der Waals surface area (Å²) in [4.78, 5) is 31.8. The number of hydrogen-bond donors (Lipinski definition) is 5. The van der Waals surface area contributed by atoms with Crippen LogP contribution in [0.1, 0.15) is 6.23 Å². The quantitative estimate of drug-likeness (QED) is 0.182. The van der Waals surface area contributed by atoms with Crippen molar-refractivity contribution in [1.29, 1.82) is 0 Å². The third-order valence-corrected chi connectivity index (χ3v) is 4.10. The fraction of sp³-hybridized carbons (Fsp3) is 0.500. The van der Waals surface area contributed by atoms with Crippen LogP contribution >= 0.6 is 7.82 Å². The van der Waals surface area contributed by atoms with Gasteiger partial charge in [0.2, 0.25) is 5.95 Å². The number of phosphoric ester groups is 1.